The van der Waals surface area contributed by atoms with Gasteiger partial charge in [-0.25, -0.2) is 4.79 Å². The lowest BCUT2D eigenvalue weighted by atomic mass is 9.87. The minimum absolute atomic E-state index is 0.380. The van der Waals surface area contributed by atoms with Crippen molar-refractivity contribution in [1.82, 2.24) is 0 Å². The Morgan fingerprint density at radius 3 is 2.25 bits per heavy atom. The van der Waals surface area contributed by atoms with Gasteiger partial charge in [0, 0.05) is 5.56 Å². The first-order chi connectivity index (χ1) is 9.34. The van der Waals surface area contributed by atoms with E-state index in [2.05, 4.69) is 0 Å². The molecule has 1 aromatic carbocycles. The molecule has 1 heterocycles. The Bertz CT molecular complexity index is 717. The van der Waals surface area contributed by atoms with Gasteiger partial charge in [-0.2, -0.15) is 0 Å². The molecule has 2 atom stereocenters. The van der Waals surface area contributed by atoms with Crippen molar-refractivity contribution in [1.29, 1.82) is 0 Å². The van der Waals surface area contributed by atoms with Crippen molar-refractivity contribution in [2.45, 2.75) is 12.0 Å². The van der Waals surface area contributed by atoms with Crippen LogP contribution in [0.4, 0.5) is 0 Å². The number of ketones is 3. The van der Waals surface area contributed by atoms with Crippen LogP contribution in [0, 0.1) is 0 Å². The minimum Gasteiger partial charge on any atom is -0.504 e. The minimum atomic E-state index is -1.63. The predicted octanol–water partition coefficient (Wildman–Crippen LogP) is -0.853. The number of ether oxygens (including phenoxy) is 1. The molecule has 3 N–H and O–H groups in total. The number of carbonyl (C=O) groups is 4. The van der Waals surface area contributed by atoms with E-state index in [0.29, 0.717) is 0 Å². The van der Waals surface area contributed by atoms with Gasteiger partial charge in [0.25, 0.3) is 5.78 Å². The summed E-state index contributed by atoms with van der Waals surface area (Å²) in [5.41, 5.74) is -0.763. The first kappa shape index (κ1) is 12.2. The molecule has 1 aliphatic heterocycles. The van der Waals surface area contributed by atoms with Crippen molar-refractivity contribution in [2.75, 3.05) is 0 Å². The molecular formula is C12H6O8. The molecule has 2 unspecified atom stereocenters. The van der Waals surface area contributed by atoms with Crippen molar-refractivity contribution in [2.24, 2.45) is 0 Å². The van der Waals surface area contributed by atoms with Gasteiger partial charge in [-0.3, -0.25) is 14.4 Å². The summed E-state index contributed by atoms with van der Waals surface area (Å²) in [5, 5.41) is 28.6. The average Bonchev–Trinajstić information content (AvgIpc) is 2.62. The van der Waals surface area contributed by atoms with Crippen LogP contribution in [-0.4, -0.2) is 44.7 Å². The zero-order valence-electron chi connectivity index (χ0n) is 9.61. The maximum atomic E-state index is 11.8. The Balaban J connectivity index is 2.33. The molecule has 8 nitrogen and oxygen atoms in total. The maximum absolute atomic E-state index is 11.8. The smallest absolute Gasteiger partial charge is 0.339 e. The molecule has 1 aromatic rings. The molecule has 0 bridgehead atoms. The summed E-state index contributed by atoms with van der Waals surface area (Å²) in [6.07, 6.45) is -1.63. The van der Waals surface area contributed by atoms with Crippen LogP contribution < -0.4 is 0 Å². The highest BCUT2D eigenvalue weighted by Crippen LogP contribution is 2.48. The lowest BCUT2D eigenvalue weighted by Gasteiger charge is -2.26. The van der Waals surface area contributed by atoms with Gasteiger partial charge < -0.3 is 20.1 Å². The number of hydrogen-bond donors (Lipinski definition) is 3. The van der Waals surface area contributed by atoms with Crippen LogP contribution in [0.1, 0.15) is 21.8 Å². The van der Waals surface area contributed by atoms with Crippen LogP contribution in [0.25, 0.3) is 0 Å². The van der Waals surface area contributed by atoms with Crippen LogP contribution >= 0.6 is 0 Å². The first-order valence-corrected chi connectivity index (χ1v) is 5.45. The Kier molecular flexibility index (Phi) is 2.16. The molecule has 8 heteroatoms. The molecule has 1 saturated carbocycles. The van der Waals surface area contributed by atoms with Gasteiger partial charge in [-0.1, -0.05) is 0 Å². The molecule has 0 amide bonds. The second kappa shape index (κ2) is 3.56. The molecule has 1 aliphatic carbocycles. The average molecular weight is 278 g/mol. The van der Waals surface area contributed by atoms with Crippen molar-refractivity contribution < 1.29 is 39.2 Å². The van der Waals surface area contributed by atoms with Gasteiger partial charge in [-0.05, 0) is 6.07 Å². The fraction of sp³-hybridized carbons (Fsp3) is 0.167. The highest BCUT2D eigenvalue weighted by atomic mass is 16.6. The van der Waals surface area contributed by atoms with Crippen molar-refractivity contribution in [3.63, 3.8) is 0 Å². The molecule has 102 valence electrons. The fourth-order valence-electron chi connectivity index (χ4n) is 2.41. The van der Waals surface area contributed by atoms with E-state index in [1.54, 1.807) is 0 Å². The van der Waals surface area contributed by atoms with E-state index < -0.39 is 52.6 Å². The van der Waals surface area contributed by atoms with Gasteiger partial charge in [-0.15, -0.1) is 0 Å². The Morgan fingerprint density at radius 2 is 1.60 bits per heavy atom. The van der Waals surface area contributed by atoms with Crippen molar-refractivity contribution >= 4 is 23.3 Å². The van der Waals surface area contributed by atoms with E-state index in [0.717, 1.165) is 6.07 Å². The molecule has 0 saturated heterocycles. The number of aromatic hydroxyl groups is 3. The summed E-state index contributed by atoms with van der Waals surface area (Å²) in [4.78, 5) is 46.3. The summed E-state index contributed by atoms with van der Waals surface area (Å²) < 4.78 is 4.71. The largest absolute Gasteiger partial charge is 0.504 e. The van der Waals surface area contributed by atoms with Crippen LogP contribution in [0.15, 0.2) is 6.07 Å². The summed E-state index contributed by atoms with van der Waals surface area (Å²) in [5.74, 6) is -8.87. The Morgan fingerprint density at radius 1 is 0.950 bits per heavy atom. The first-order valence-electron chi connectivity index (χ1n) is 5.45. The van der Waals surface area contributed by atoms with Crippen molar-refractivity contribution in [3.8, 4) is 17.2 Å². The molecule has 3 rings (SSSR count). The van der Waals surface area contributed by atoms with E-state index in [1.165, 1.54) is 0 Å². The number of fused-ring (bicyclic) bond motifs is 3. The molecule has 2 aliphatic rings. The molecular weight excluding hydrogens is 272 g/mol. The summed E-state index contributed by atoms with van der Waals surface area (Å²) >= 11 is 0. The number of rotatable bonds is 0. The van der Waals surface area contributed by atoms with Crippen LogP contribution in [0.5, 0.6) is 17.2 Å². The van der Waals surface area contributed by atoms with Crippen molar-refractivity contribution in [3.05, 3.63) is 17.2 Å². The third-order valence-corrected chi connectivity index (χ3v) is 3.35. The highest BCUT2D eigenvalue weighted by Gasteiger charge is 2.56. The van der Waals surface area contributed by atoms with E-state index in [1.807, 2.05) is 0 Å². The second-order valence-electron chi connectivity index (χ2n) is 4.42. The molecule has 0 radical (unpaired) electrons. The van der Waals surface area contributed by atoms with Crippen LogP contribution in [0.3, 0.4) is 0 Å². The van der Waals surface area contributed by atoms with Crippen LogP contribution in [0.2, 0.25) is 0 Å². The van der Waals surface area contributed by atoms with E-state index in [9.17, 15) is 34.5 Å². The van der Waals surface area contributed by atoms with E-state index in [-0.39, 0.29) is 11.1 Å². The number of hydrogen-bond acceptors (Lipinski definition) is 8. The Labute approximate surface area is 110 Å². The predicted molar refractivity (Wildman–Crippen MR) is 58.4 cm³/mol. The van der Waals surface area contributed by atoms with Crippen LogP contribution in [-0.2, 0) is 19.1 Å². The van der Waals surface area contributed by atoms with Gasteiger partial charge >= 0.3 is 5.97 Å². The summed E-state index contributed by atoms with van der Waals surface area (Å²) in [7, 11) is 0. The molecule has 20 heavy (non-hydrogen) atoms. The third-order valence-electron chi connectivity index (χ3n) is 3.35. The highest BCUT2D eigenvalue weighted by molar-refractivity contribution is 6.69. The number of phenols is 3. The molecule has 1 fully saturated rings. The fourth-order valence-corrected chi connectivity index (χ4v) is 2.41. The summed E-state index contributed by atoms with van der Waals surface area (Å²) in [6, 6.07) is 0.795. The standard InChI is InChI=1S/C12H6O8/c13-3-1-2-4(7(15)6(3)14)5-8(16)9(17)10(18)11(5)20-12(2)19/h1,5,11,13-15H. The SMILES string of the molecule is O=C1C(=O)C2OC(=O)c3cc(O)c(O)c(O)c3C2C1=O. The number of benzene rings is 1. The number of Topliss-reactive ketones (excluding diaryl/α,β-unsaturated/α-hetero) is 3. The normalized spacial score (nSPS) is 24.4. The van der Waals surface area contributed by atoms with E-state index in [4.69, 9.17) is 4.74 Å². The zero-order valence-corrected chi connectivity index (χ0v) is 9.61. The van der Waals surface area contributed by atoms with Gasteiger partial charge in [0.1, 0.15) is 5.92 Å². The van der Waals surface area contributed by atoms with Gasteiger partial charge in [0.05, 0.1) is 5.56 Å². The topological polar surface area (TPSA) is 138 Å². The number of phenolic OH excluding ortho intramolecular Hbond substituents is 3. The zero-order chi connectivity index (χ0) is 14.8. The van der Waals surface area contributed by atoms with E-state index >= 15 is 0 Å². The summed E-state index contributed by atoms with van der Waals surface area (Å²) in [6.45, 7) is 0. The Hall–Kier alpha value is -2.90. The second-order valence-corrected chi connectivity index (χ2v) is 4.42. The monoisotopic (exact) mass is 278 g/mol. The molecule has 0 spiro atoms. The lowest BCUT2D eigenvalue weighted by molar-refractivity contribution is -0.141. The molecule has 0 aromatic heterocycles. The maximum Gasteiger partial charge on any atom is 0.339 e. The lowest BCUT2D eigenvalue weighted by Crippen LogP contribution is -2.34. The third kappa shape index (κ3) is 1.25. The number of carbonyl (C=O) groups excluding carboxylic acids is 4. The number of esters is 1. The quantitative estimate of drug-likeness (QED) is 0.317. The van der Waals surface area contributed by atoms with Gasteiger partial charge in [0.15, 0.2) is 17.6 Å². The van der Waals surface area contributed by atoms with Gasteiger partial charge in [0.2, 0.25) is 17.3 Å².